The van der Waals surface area contributed by atoms with Crippen molar-refractivity contribution in [3.05, 3.63) is 47.5 Å². The Labute approximate surface area is 149 Å². The quantitative estimate of drug-likeness (QED) is 0.528. The topological polar surface area (TPSA) is 66.8 Å². The van der Waals surface area contributed by atoms with Crippen LogP contribution in [0.3, 0.4) is 0 Å². The minimum atomic E-state index is -0.854. The molecule has 1 saturated carbocycles. The fourth-order valence-corrected chi connectivity index (χ4v) is 4.31. The van der Waals surface area contributed by atoms with Gasteiger partial charge in [-0.25, -0.2) is 0 Å². The van der Waals surface area contributed by atoms with Crippen molar-refractivity contribution < 1.29 is 19.7 Å². The largest absolute Gasteiger partial charge is 0.481 e. The van der Waals surface area contributed by atoms with E-state index in [-0.39, 0.29) is 5.92 Å². The number of rotatable bonds is 9. The Hall–Kier alpha value is -1.65. The zero-order valence-corrected chi connectivity index (χ0v) is 14.6. The smallest absolute Gasteiger partial charge is 0.309 e. The highest BCUT2D eigenvalue weighted by atomic mass is 16.5. The first-order valence-corrected chi connectivity index (χ1v) is 9.37. The van der Waals surface area contributed by atoms with Crippen LogP contribution in [0.5, 0.6) is 0 Å². The van der Waals surface area contributed by atoms with E-state index in [1.54, 1.807) is 0 Å². The van der Waals surface area contributed by atoms with Crippen LogP contribution in [0.1, 0.15) is 44.1 Å². The lowest BCUT2D eigenvalue weighted by Gasteiger charge is -2.14. The fourth-order valence-electron chi connectivity index (χ4n) is 4.31. The Kier molecular flexibility index (Phi) is 6.27. The number of carboxylic acids is 1. The summed E-state index contributed by atoms with van der Waals surface area (Å²) >= 11 is 0. The molecular formula is C21H28O4. The summed E-state index contributed by atoms with van der Waals surface area (Å²) < 4.78 is 5.70. The van der Waals surface area contributed by atoms with E-state index in [0.717, 1.165) is 38.7 Å². The van der Waals surface area contributed by atoms with Gasteiger partial charge in [0.25, 0.3) is 0 Å². The molecule has 2 aliphatic rings. The molecule has 0 saturated heterocycles. The van der Waals surface area contributed by atoms with Crippen LogP contribution in [-0.4, -0.2) is 28.9 Å². The van der Waals surface area contributed by atoms with Gasteiger partial charge in [0.15, 0.2) is 0 Å². The molecule has 25 heavy (non-hydrogen) atoms. The van der Waals surface area contributed by atoms with Crippen molar-refractivity contribution in [1.82, 2.24) is 0 Å². The van der Waals surface area contributed by atoms with Crippen LogP contribution < -0.4 is 0 Å². The number of aliphatic carboxylic acids is 1. The molecule has 0 aromatic heterocycles. The zero-order chi connectivity index (χ0) is 17.6. The Morgan fingerprint density at radius 3 is 2.72 bits per heavy atom. The minimum Gasteiger partial charge on any atom is -0.481 e. The van der Waals surface area contributed by atoms with Gasteiger partial charge in [-0.2, -0.15) is 0 Å². The first-order chi connectivity index (χ1) is 12.1. The van der Waals surface area contributed by atoms with Gasteiger partial charge < -0.3 is 14.9 Å². The molecule has 4 heteroatoms. The Balaban J connectivity index is 1.30. The summed E-state index contributed by atoms with van der Waals surface area (Å²) in [4.78, 5) is 11.3. The number of ether oxygens (including phenoxy) is 1. The highest BCUT2D eigenvalue weighted by Crippen LogP contribution is 2.47. The maximum Gasteiger partial charge on any atom is 0.309 e. The average molecular weight is 344 g/mol. The standard InChI is InChI=1S/C21H28O4/c22-19-13-17-11-16(12-18(17)20(19)21(23)24)9-5-2-6-10-25-14-15-7-3-1-4-8-15/h1,3-4,7-8,12,17-20,22H,2,5-6,9-11,13-14H2,(H,23,24)/t17-,18-,19+,20+/m1/s1. The number of aliphatic hydroxyl groups is 1. The first-order valence-electron chi connectivity index (χ1n) is 9.37. The Bertz CT molecular complexity index is 595. The summed E-state index contributed by atoms with van der Waals surface area (Å²) in [6.07, 6.45) is 7.44. The monoisotopic (exact) mass is 344 g/mol. The zero-order valence-electron chi connectivity index (χ0n) is 14.6. The Morgan fingerprint density at radius 2 is 1.96 bits per heavy atom. The second-order valence-electron chi connectivity index (χ2n) is 7.38. The van der Waals surface area contributed by atoms with Crippen LogP contribution in [0.15, 0.2) is 42.0 Å². The molecular weight excluding hydrogens is 316 g/mol. The van der Waals surface area contributed by atoms with E-state index in [1.165, 1.54) is 11.1 Å². The summed E-state index contributed by atoms with van der Waals surface area (Å²) in [5, 5.41) is 19.2. The predicted molar refractivity (Wildman–Crippen MR) is 96.0 cm³/mol. The number of hydrogen-bond donors (Lipinski definition) is 2. The van der Waals surface area contributed by atoms with Crippen molar-refractivity contribution in [1.29, 1.82) is 0 Å². The predicted octanol–water partition coefficient (Wildman–Crippen LogP) is 3.79. The average Bonchev–Trinajstić information content (AvgIpc) is 3.10. The Morgan fingerprint density at radius 1 is 1.16 bits per heavy atom. The maximum atomic E-state index is 11.3. The van der Waals surface area contributed by atoms with Gasteiger partial charge in [-0.1, -0.05) is 48.4 Å². The molecule has 2 aliphatic carbocycles. The van der Waals surface area contributed by atoms with E-state index in [9.17, 15) is 15.0 Å². The van der Waals surface area contributed by atoms with Gasteiger partial charge in [-0.3, -0.25) is 4.79 Å². The van der Waals surface area contributed by atoms with E-state index in [1.807, 2.05) is 18.2 Å². The summed E-state index contributed by atoms with van der Waals surface area (Å²) in [6, 6.07) is 10.2. The van der Waals surface area contributed by atoms with Crippen molar-refractivity contribution in [3.8, 4) is 0 Å². The van der Waals surface area contributed by atoms with Gasteiger partial charge in [0.1, 0.15) is 0 Å². The van der Waals surface area contributed by atoms with Gasteiger partial charge in [0, 0.05) is 6.61 Å². The van der Waals surface area contributed by atoms with Crippen LogP contribution in [0.2, 0.25) is 0 Å². The maximum absolute atomic E-state index is 11.3. The van der Waals surface area contributed by atoms with E-state index in [4.69, 9.17) is 4.74 Å². The molecule has 1 fully saturated rings. The third-order valence-electron chi connectivity index (χ3n) is 5.55. The summed E-state index contributed by atoms with van der Waals surface area (Å²) in [5.41, 5.74) is 2.60. The molecule has 0 heterocycles. The van der Waals surface area contributed by atoms with E-state index in [2.05, 4.69) is 18.2 Å². The van der Waals surface area contributed by atoms with Crippen LogP contribution in [0, 0.1) is 17.8 Å². The molecule has 1 aromatic rings. The van der Waals surface area contributed by atoms with Gasteiger partial charge in [-0.15, -0.1) is 0 Å². The van der Waals surface area contributed by atoms with Crippen molar-refractivity contribution in [3.63, 3.8) is 0 Å². The summed E-state index contributed by atoms with van der Waals surface area (Å²) in [7, 11) is 0. The fraction of sp³-hybridized carbons (Fsp3) is 0.571. The highest BCUT2D eigenvalue weighted by molar-refractivity contribution is 5.72. The second kappa shape index (κ2) is 8.63. The molecule has 136 valence electrons. The van der Waals surface area contributed by atoms with Crippen LogP contribution in [-0.2, 0) is 16.1 Å². The SMILES string of the molecule is O=C(O)[C@H]1[C@@H]2C=C(CCCCCOCc3ccccc3)C[C@@H]2C[C@@H]1O. The van der Waals surface area contributed by atoms with Gasteiger partial charge in [-0.05, 0) is 49.5 Å². The number of aliphatic hydroxyl groups excluding tert-OH is 1. The van der Waals surface area contributed by atoms with Crippen LogP contribution in [0.4, 0.5) is 0 Å². The number of unbranched alkanes of at least 4 members (excludes halogenated alkanes) is 2. The van der Waals surface area contributed by atoms with Crippen LogP contribution in [0.25, 0.3) is 0 Å². The van der Waals surface area contributed by atoms with Crippen LogP contribution >= 0.6 is 0 Å². The molecule has 0 bridgehead atoms. The molecule has 0 radical (unpaired) electrons. The number of allylic oxidation sites excluding steroid dienone is 2. The lowest BCUT2D eigenvalue weighted by atomic mass is 9.92. The lowest BCUT2D eigenvalue weighted by molar-refractivity contribution is -0.145. The van der Waals surface area contributed by atoms with E-state index in [0.29, 0.717) is 18.9 Å². The molecule has 4 nitrogen and oxygen atoms in total. The molecule has 0 unspecified atom stereocenters. The van der Waals surface area contributed by atoms with Gasteiger partial charge in [0.2, 0.25) is 0 Å². The number of hydrogen-bond acceptors (Lipinski definition) is 3. The third-order valence-corrected chi connectivity index (χ3v) is 5.55. The minimum absolute atomic E-state index is 0.0386. The second-order valence-corrected chi connectivity index (χ2v) is 7.38. The number of benzene rings is 1. The molecule has 4 atom stereocenters. The molecule has 2 N–H and O–H groups in total. The molecule has 0 aliphatic heterocycles. The lowest BCUT2D eigenvalue weighted by Crippen LogP contribution is -2.27. The van der Waals surface area contributed by atoms with Crippen molar-refractivity contribution in [2.75, 3.05) is 6.61 Å². The molecule has 0 amide bonds. The van der Waals surface area contributed by atoms with Gasteiger partial charge >= 0.3 is 5.97 Å². The molecule has 0 spiro atoms. The third kappa shape index (κ3) is 4.71. The number of carbonyl (C=O) groups is 1. The number of fused-ring (bicyclic) bond motifs is 1. The number of carboxylic acid groups (broad SMARTS) is 1. The highest BCUT2D eigenvalue weighted by Gasteiger charge is 2.47. The summed E-state index contributed by atoms with van der Waals surface area (Å²) in [6.45, 7) is 1.46. The van der Waals surface area contributed by atoms with E-state index >= 15 is 0 Å². The van der Waals surface area contributed by atoms with Crippen molar-refractivity contribution in [2.45, 2.75) is 51.2 Å². The summed E-state index contributed by atoms with van der Waals surface area (Å²) in [5.74, 6) is -1.08. The van der Waals surface area contributed by atoms with E-state index < -0.39 is 18.0 Å². The van der Waals surface area contributed by atoms with Gasteiger partial charge in [0.05, 0.1) is 18.6 Å². The molecule has 3 rings (SSSR count). The molecule has 1 aromatic carbocycles. The van der Waals surface area contributed by atoms with Crippen molar-refractivity contribution in [2.24, 2.45) is 17.8 Å². The normalized spacial score (nSPS) is 28.0. The van der Waals surface area contributed by atoms with Crippen molar-refractivity contribution >= 4 is 5.97 Å². The first kappa shape index (κ1) is 18.2.